The van der Waals surface area contributed by atoms with Crippen molar-refractivity contribution in [2.24, 2.45) is 0 Å². The van der Waals surface area contributed by atoms with E-state index >= 15 is 0 Å². The number of phenolic OH excluding ortho intramolecular Hbond substituents is 1. The van der Waals surface area contributed by atoms with Crippen molar-refractivity contribution in [1.29, 1.82) is 0 Å². The Morgan fingerprint density at radius 3 is 2.15 bits per heavy atom. The van der Waals surface area contributed by atoms with Crippen molar-refractivity contribution in [2.75, 3.05) is 20.8 Å². The first kappa shape index (κ1) is 27.2. The molecular weight excluding hydrogens is 536 g/mol. The van der Waals surface area contributed by atoms with Gasteiger partial charge in [0.15, 0.2) is 23.0 Å². The van der Waals surface area contributed by atoms with Gasteiger partial charge in [0.05, 0.1) is 38.3 Å². The summed E-state index contributed by atoms with van der Waals surface area (Å²) in [6.07, 6.45) is -8.26. The van der Waals surface area contributed by atoms with Crippen LogP contribution in [-0.4, -0.2) is 92.9 Å². The van der Waals surface area contributed by atoms with Crippen molar-refractivity contribution in [3.8, 4) is 34.3 Å². The molecule has 5 unspecified atom stereocenters. The second kappa shape index (κ2) is 10.3. The molecule has 1 aliphatic rings. The maximum atomic E-state index is 11.9. The molecule has 2 aromatic carbocycles. The van der Waals surface area contributed by atoms with Gasteiger partial charge < -0.3 is 58.4 Å². The predicted molar refractivity (Wildman–Crippen MR) is 133 cm³/mol. The van der Waals surface area contributed by atoms with Crippen molar-refractivity contribution in [1.82, 2.24) is 0 Å². The Hall–Kier alpha value is -4.34. The summed E-state index contributed by atoms with van der Waals surface area (Å²) in [7, 11) is 2.60. The topological polar surface area (TPSA) is 223 Å². The third-order valence-corrected chi connectivity index (χ3v) is 6.51. The number of benzene rings is 2. The lowest BCUT2D eigenvalue weighted by Gasteiger charge is -2.39. The Kier molecular flexibility index (Phi) is 7.03. The van der Waals surface area contributed by atoms with E-state index < -0.39 is 49.0 Å². The second-order valence-electron chi connectivity index (χ2n) is 8.95. The number of methoxy groups -OCH3 is 2. The zero-order chi connectivity index (χ0) is 28.9. The Morgan fingerprint density at radius 1 is 0.950 bits per heavy atom. The van der Waals surface area contributed by atoms with Crippen LogP contribution in [0.2, 0.25) is 0 Å². The van der Waals surface area contributed by atoms with Crippen LogP contribution in [0.3, 0.4) is 0 Å². The third kappa shape index (κ3) is 4.47. The Morgan fingerprint density at radius 2 is 1.57 bits per heavy atom. The first-order valence-electron chi connectivity index (χ1n) is 11.8. The fraction of sp³-hybridized carbons (Fsp3) is 0.308. The van der Waals surface area contributed by atoms with E-state index in [0.717, 1.165) is 6.07 Å². The molecule has 0 aliphatic carbocycles. The molecule has 0 saturated carbocycles. The molecule has 4 aromatic rings. The molecule has 1 aliphatic heterocycles. The highest BCUT2D eigenvalue weighted by molar-refractivity contribution is 6.11. The number of carboxylic acid groups (broad SMARTS) is 1. The van der Waals surface area contributed by atoms with Crippen molar-refractivity contribution in [3.05, 3.63) is 41.5 Å². The molecule has 7 N–H and O–H groups in total. The zero-order valence-electron chi connectivity index (χ0n) is 21.0. The fourth-order valence-corrected chi connectivity index (χ4v) is 4.53. The highest BCUT2D eigenvalue weighted by atomic mass is 16.7. The molecular formula is C26H25O14+. The number of aromatic hydroxyl groups is 1. The van der Waals surface area contributed by atoms with Gasteiger partial charge in [-0.05, 0) is 12.1 Å². The SMILES string of the molecule is COc1cc(-c2oc3cc(=[OH+])cc4oc(C(=O)O)cc(c2OC2OC(CO)C(O)C(O)C2O)c43)cc(OC)c1O. The van der Waals surface area contributed by atoms with Gasteiger partial charge >= 0.3 is 11.4 Å². The molecule has 1 saturated heterocycles. The van der Waals surface area contributed by atoms with Gasteiger partial charge in [0.2, 0.25) is 17.8 Å². The van der Waals surface area contributed by atoms with Crippen molar-refractivity contribution in [3.63, 3.8) is 0 Å². The fourth-order valence-electron chi connectivity index (χ4n) is 4.53. The number of hydrogen-bond acceptors (Lipinski definition) is 12. The van der Waals surface area contributed by atoms with Crippen LogP contribution in [-0.2, 0) is 4.74 Å². The van der Waals surface area contributed by atoms with E-state index in [2.05, 4.69) is 0 Å². The first-order chi connectivity index (χ1) is 19.1. The van der Waals surface area contributed by atoms with Crippen LogP contribution in [0.4, 0.5) is 0 Å². The standard InChI is InChI=1S/C26H24O14/c1-35-14-3-9(4-15(36-2)19(14)29)23-24(40-26-22(32)21(31)20(30)17(8-27)39-26)11-7-16(25(33)34)37-12-5-10(28)6-13(38-23)18(11)12/h3-7,17,20-22,26-27,29-32H,8H2,1-2H3,(H,33,34)/p+1. The smallest absolute Gasteiger partial charge is 0.371 e. The summed E-state index contributed by atoms with van der Waals surface area (Å²) in [5, 5.41) is 61.1. The molecule has 14 heteroatoms. The highest BCUT2D eigenvalue weighted by Crippen LogP contribution is 2.47. The van der Waals surface area contributed by atoms with Gasteiger partial charge in [-0.1, -0.05) is 0 Å². The molecule has 2 aromatic heterocycles. The van der Waals surface area contributed by atoms with Gasteiger partial charge in [-0.25, -0.2) is 4.79 Å². The van der Waals surface area contributed by atoms with Crippen molar-refractivity contribution in [2.45, 2.75) is 30.7 Å². The van der Waals surface area contributed by atoms with Crippen LogP contribution in [0.25, 0.3) is 33.3 Å². The molecule has 0 amide bonds. The zero-order valence-corrected chi connectivity index (χ0v) is 21.0. The van der Waals surface area contributed by atoms with E-state index in [1.165, 1.54) is 38.5 Å². The number of hydrogen-bond donors (Lipinski definition) is 6. The number of rotatable bonds is 7. The van der Waals surface area contributed by atoms with E-state index in [-0.39, 0.29) is 61.7 Å². The van der Waals surface area contributed by atoms with E-state index in [4.69, 9.17) is 27.8 Å². The van der Waals surface area contributed by atoms with Crippen LogP contribution >= 0.6 is 0 Å². The number of carboxylic acids is 1. The van der Waals surface area contributed by atoms with Crippen LogP contribution < -0.4 is 19.6 Å². The minimum atomic E-state index is -1.82. The molecule has 5 rings (SSSR count). The predicted octanol–water partition coefficient (Wildman–Crippen LogP) is 0.450. The molecule has 1 fully saturated rings. The van der Waals surface area contributed by atoms with Crippen LogP contribution in [0.15, 0.2) is 39.2 Å². The highest BCUT2D eigenvalue weighted by Gasteiger charge is 2.45. The number of carbonyl (C=O) groups is 1. The summed E-state index contributed by atoms with van der Waals surface area (Å²) < 4.78 is 33.5. The molecule has 5 atom stereocenters. The van der Waals surface area contributed by atoms with Gasteiger partial charge in [-0.3, -0.25) is 4.79 Å². The van der Waals surface area contributed by atoms with Crippen LogP contribution in [0.1, 0.15) is 10.6 Å². The minimum absolute atomic E-state index is 0.0289. The summed E-state index contributed by atoms with van der Waals surface area (Å²) in [4.78, 5) is 22.2. The number of aliphatic hydroxyl groups is 4. The number of aromatic carboxylic acids is 1. The Labute approximate surface area is 223 Å². The van der Waals surface area contributed by atoms with E-state index in [0.29, 0.717) is 0 Å². The van der Waals surface area contributed by atoms with Crippen molar-refractivity contribution < 1.29 is 68.0 Å². The largest absolute Gasteiger partial charge is 0.502 e. The van der Waals surface area contributed by atoms with Gasteiger partial charge in [-0.2, -0.15) is 0 Å². The van der Waals surface area contributed by atoms with E-state index in [1.54, 1.807) is 0 Å². The molecule has 3 heterocycles. The lowest BCUT2D eigenvalue weighted by Crippen LogP contribution is -2.60. The maximum Gasteiger partial charge on any atom is 0.371 e. The molecule has 40 heavy (non-hydrogen) atoms. The summed E-state index contributed by atoms with van der Waals surface area (Å²) >= 11 is 0. The Balaban J connectivity index is 1.84. The average Bonchev–Trinajstić information content (AvgIpc) is 2.93. The summed E-state index contributed by atoms with van der Waals surface area (Å²) in [5.74, 6) is -2.73. The number of ether oxygens (including phenoxy) is 4. The third-order valence-electron chi connectivity index (χ3n) is 6.51. The van der Waals surface area contributed by atoms with Gasteiger partial charge in [0.1, 0.15) is 35.6 Å². The minimum Gasteiger partial charge on any atom is -0.502 e. The molecule has 14 nitrogen and oxygen atoms in total. The maximum absolute atomic E-state index is 11.9. The van der Waals surface area contributed by atoms with Crippen LogP contribution in [0.5, 0.6) is 23.0 Å². The number of aliphatic hydroxyl groups excluding tert-OH is 4. The lowest BCUT2D eigenvalue weighted by atomic mass is 9.99. The average molecular weight is 561 g/mol. The second-order valence-corrected chi connectivity index (χ2v) is 8.95. The molecule has 0 spiro atoms. The summed E-state index contributed by atoms with van der Waals surface area (Å²) in [6, 6.07) is 6.27. The van der Waals surface area contributed by atoms with Gasteiger partial charge in [0.25, 0.3) is 0 Å². The quantitative estimate of drug-likeness (QED) is 0.169. The molecule has 0 radical (unpaired) electrons. The normalized spacial score (nSPS) is 22.9. The van der Waals surface area contributed by atoms with Crippen LogP contribution in [0, 0.1) is 0 Å². The van der Waals surface area contributed by atoms with Gasteiger partial charge in [-0.15, -0.1) is 0 Å². The van der Waals surface area contributed by atoms with Gasteiger partial charge in [0, 0.05) is 17.0 Å². The summed E-state index contributed by atoms with van der Waals surface area (Å²) in [6.45, 7) is -0.723. The lowest BCUT2D eigenvalue weighted by molar-refractivity contribution is -0.277. The van der Waals surface area contributed by atoms with E-state index in [1.807, 2.05) is 0 Å². The number of phenols is 1. The molecule has 0 bridgehead atoms. The first-order valence-corrected chi connectivity index (χ1v) is 11.8. The monoisotopic (exact) mass is 561 g/mol. The molecule has 212 valence electrons. The van der Waals surface area contributed by atoms with E-state index in [9.17, 15) is 40.2 Å². The Bertz CT molecular complexity index is 1630. The summed E-state index contributed by atoms with van der Waals surface area (Å²) in [5.41, 5.74) is -0.184. The van der Waals surface area contributed by atoms with Crippen molar-refractivity contribution >= 4 is 27.9 Å².